The lowest BCUT2D eigenvalue weighted by Crippen LogP contribution is -2.56. The van der Waals surface area contributed by atoms with Crippen molar-refractivity contribution in [3.8, 4) is 5.75 Å². The number of morpholine rings is 1. The molecular weight excluding hydrogens is 661 g/mol. The van der Waals surface area contributed by atoms with Crippen molar-refractivity contribution in [3.63, 3.8) is 0 Å². The maximum Gasteiger partial charge on any atom is 0.247 e. The molecule has 0 saturated carbocycles. The van der Waals surface area contributed by atoms with Crippen LogP contribution < -0.4 is 10.1 Å². The highest BCUT2D eigenvalue weighted by atomic mass is 127. The third-order valence-corrected chi connectivity index (χ3v) is 9.18. The molecule has 1 aromatic carbocycles. The van der Waals surface area contributed by atoms with E-state index in [2.05, 4.69) is 39.7 Å². The number of ether oxygens (including phenoxy) is 2. The Hall–Kier alpha value is -1.73. The number of nitrogens with zero attached hydrogens (tertiary/aromatic N) is 2. The number of aliphatic hydroxyl groups excluding tert-OH is 2. The first-order valence-corrected chi connectivity index (χ1v) is 17.3. The van der Waals surface area contributed by atoms with Gasteiger partial charge in [-0.25, -0.2) is 0 Å². The predicted molar refractivity (Wildman–Crippen MR) is 177 cm³/mol. The summed E-state index contributed by atoms with van der Waals surface area (Å²) in [5.41, 5.74) is 0.451. The van der Waals surface area contributed by atoms with Gasteiger partial charge in [0.2, 0.25) is 11.8 Å². The molecule has 3 rings (SSSR count). The molecule has 3 N–H and O–H groups in total. The van der Waals surface area contributed by atoms with E-state index in [9.17, 15) is 19.8 Å². The fraction of sp³-hybridized carbons (Fsp3) is 0.697. The van der Waals surface area contributed by atoms with Crippen LogP contribution in [0.15, 0.2) is 35.9 Å². The summed E-state index contributed by atoms with van der Waals surface area (Å²) >= 11 is 2.19. The first-order valence-electron chi connectivity index (χ1n) is 16.2. The number of carbonyl (C=O) groups is 2. The second kappa shape index (κ2) is 20.3. The van der Waals surface area contributed by atoms with Crippen LogP contribution in [0.25, 0.3) is 0 Å². The van der Waals surface area contributed by atoms with Gasteiger partial charge in [-0.15, -0.1) is 0 Å². The summed E-state index contributed by atoms with van der Waals surface area (Å²) in [6, 6.07) is 6.93. The Morgan fingerprint density at radius 1 is 1.07 bits per heavy atom. The van der Waals surface area contributed by atoms with Crippen molar-refractivity contribution in [1.29, 1.82) is 0 Å². The van der Waals surface area contributed by atoms with E-state index in [0.717, 1.165) is 35.9 Å². The van der Waals surface area contributed by atoms with Crippen LogP contribution in [0.5, 0.6) is 5.75 Å². The molecule has 1 heterocycles. The smallest absolute Gasteiger partial charge is 0.247 e. The second-order valence-corrected chi connectivity index (χ2v) is 12.7. The van der Waals surface area contributed by atoms with Gasteiger partial charge in [0.05, 0.1) is 29.4 Å². The summed E-state index contributed by atoms with van der Waals surface area (Å²) in [6.45, 7) is 6.27. The van der Waals surface area contributed by atoms with Crippen LogP contribution in [0.3, 0.4) is 0 Å². The molecule has 2 aliphatic rings. The van der Waals surface area contributed by atoms with Gasteiger partial charge < -0.3 is 29.9 Å². The Bertz CT molecular complexity index is 1000. The van der Waals surface area contributed by atoms with E-state index in [1.807, 2.05) is 24.3 Å². The number of rotatable bonds is 19. The maximum atomic E-state index is 13.8. The van der Waals surface area contributed by atoms with Gasteiger partial charge in [0.1, 0.15) is 18.0 Å². The average Bonchev–Trinajstić information content (AvgIpc) is 3.02. The van der Waals surface area contributed by atoms with E-state index in [1.54, 1.807) is 11.0 Å². The normalized spacial score (nSPS) is 20.8. The molecule has 1 aliphatic heterocycles. The average molecular weight is 714 g/mol. The number of hydrogen-bond donors (Lipinski definition) is 3. The van der Waals surface area contributed by atoms with Gasteiger partial charge in [0, 0.05) is 51.1 Å². The number of unbranched alkanes of at least 4 members (excludes halogenated alkanes) is 8. The molecule has 3 atom stereocenters. The summed E-state index contributed by atoms with van der Waals surface area (Å²) in [6.07, 6.45) is 11.0. The molecule has 1 fully saturated rings. The fourth-order valence-corrected chi connectivity index (χ4v) is 6.26. The van der Waals surface area contributed by atoms with Crippen molar-refractivity contribution >= 4 is 34.4 Å². The van der Waals surface area contributed by atoms with Crippen molar-refractivity contribution in [1.82, 2.24) is 15.1 Å². The molecule has 0 spiro atoms. The van der Waals surface area contributed by atoms with Gasteiger partial charge in [0.25, 0.3) is 0 Å². The van der Waals surface area contributed by atoms with E-state index in [4.69, 9.17) is 9.47 Å². The minimum absolute atomic E-state index is 0.00492. The highest BCUT2D eigenvalue weighted by molar-refractivity contribution is 14.1. The number of para-hydroxylation sites is 1. The SMILES string of the molecule is CCCCCCCCCCCC(=O)N(CCN1CCOCC1)C1CC(C(=O)NCCO)=CC(Oc2ccccc2I)C1O. The zero-order valence-corrected chi connectivity index (χ0v) is 28.0. The van der Waals surface area contributed by atoms with Gasteiger partial charge >= 0.3 is 0 Å². The number of aliphatic hydroxyl groups is 2. The molecular formula is C33H52IN3O6. The van der Waals surface area contributed by atoms with E-state index < -0.39 is 18.2 Å². The Morgan fingerprint density at radius 2 is 1.74 bits per heavy atom. The number of halogens is 1. The standard InChI is InChI=1S/C33H52IN3O6/c1-2-3-4-5-6-7-8-9-10-15-31(39)37(18-17-36-19-22-42-23-20-36)28-24-26(33(41)35-16-21-38)25-30(32(28)40)43-29-14-12-11-13-27(29)34/h11-14,25,28,30,32,38,40H,2-10,15-24H2,1H3,(H,35,41). The lowest BCUT2D eigenvalue weighted by atomic mass is 9.88. The molecule has 10 heteroatoms. The van der Waals surface area contributed by atoms with Crippen molar-refractivity contribution in [2.24, 2.45) is 0 Å². The number of benzene rings is 1. The monoisotopic (exact) mass is 713 g/mol. The number of carbonyl (C=O) groups excluding carboxylic acids is 2. The molecule has 1 aliphatic carbocycles. The van der Waals surface area contributed by atoms with Gasteiger partial charge in [0.15, 0.2) is 0 Å². The Morgan fingerprint density at radius 3 is 2.42 bits per heavy atom. The molecule has 0 aromatic heterocycles. The van der Waals surface area contributed by atoms with Crippen LogP contribution in [0.2, 0.25) is 0 Å². The topological polar surface area (TPSA) is 112 Å². The van der Waals surface area contributed by atoms with Crippen LogP contribution in [-0.2, 0) is 14.3 Å². The molecule has 9 nitrogen and oxygen atoms in total. The molecule has 1 aromatic rings. The molecule has 43 heavy (non-hydrogen) atoms. The molecule has 1 saturated heterocycles. The van der Waals surface area contributed by atoms with Crippen molar-refractivity contribution in [2.45, 2.75) is 95.8 Å². The highest BCUT2D eigenvalue weighted by Gasteiger charge is 2.40. The molecule has 2 amide bonds. The Kier molecular flexibility index (Phi) is 16.9. The van der Waals surface area contributed by atoms with Gasteiger partial charge in [-0.3, -0.25) is 14.5 Å². The largest absolute Gasteiger partial charge is 0.482 e. The summed E-state index contributed by atoms with van der Waals surface area (Å²) < 4.78 is 12.7. The zero-order valence-electron chi connectivity index (χ0n) is 25.9. The fourth-order valence-electron chi connectivity index (χ4n) is 5.75. The van der Waals surface area contributed by atoms with E-state index >= 15 is 0 Å². The van der Waals surface area contributed by atoms with E-state index in [1.165, 1.54) is 38.5 Å². The van der Waals surface area contributed by atoms with E-state index in [-0.39, 0.29) is 31.4 Å². The predicted octanol–water partition coefficient (Wildman–Crippen LogP) is 4.29. The number of hydrogen-bond acceptors (Lipinski definition) is 7. The van der Waals surface area contributed by atoms with Gasteiger partial charge in [-0.05, 0) is 47.2 Å². The third-order valence-electron chi connectivity index (χ3n) is 8.29. The van der Waals surface area contributed by atoms with Crippen LogP contribution in [0, 0.1) is 3.57 Å². The maximum absolute atomic E-state index is 13.8. The summed E-state index contributed by atoms with van der Waals surface area (Å²) in [5.74, 6) is 0.298. The third kappa shape index (κ3) is 12.3. The zero-order chi connectivity index (χ0) is 30.9. The van der Waals surface area contributed by atoms with E-state index in [0.29, 0.717) is 44.0 Å². The molecule has 242 valence electrons. The van der Waals surface area contributed by atoms with Crippen LogP contribution in [0.4, 0.5) is 0 Å². The Labute approximate surface area is 271 Å². The second-order valence-electron chi connectivity index (χ2n) is 11.6. The van der Waals surface area contributed by atoms with Gasteiger partial charge in [-0.1, -0.05) is 70.4 Å². The number of nitrogens with one attached hydrogen (secondary N) is 1. The van der Waals surface area contributed by atoms with Crippen molar-refractivity contribution in [3.05, 3.63) is 39.5 Å². The van der Waals surface area contributed by atoms with Crippen molar-refractivity contribution in [2.75, 3.05) is 52.5 Å². The van der Waals surface area contributed by atoms with Crippen LogP contribution in [0.1, 0.15) is 77.6 Å². The highest BCUT2D eigenvalue weighted by Crippen LogP contribution is 2.30. The van der Waals surface area contributed by atoms with Gasteiger partial charge in [-0.2, -0.15) is 0 Å². The molecule has 0 radical (unpaired) electrons. The summed E-state index contributed by atoms with van der Waals surface area (Å²) in [5, 5.41) is 23.7. The lowest BCUT2D eigenvalue weighted by Gasteiger charge is -2.41. The Balaban J connectivity index is 1.72. The first kappa shape index (κ1) is 35.7. The lowest BCUT2D eigenvalue weighted by molar-refractivity contribution is -0.139. The summed E-state index contributed by atoms with van der Waals surface area (Å²) in [4.78, 5) is 31.0. The van der Waals surface area contributed by atoms with Crippen molar-refractivity contribution < 1.29 is 29.3 Å². The molecule has 0 bridgehead atoms. The quantitative estimate of drug-likeness (QED) is 0.145. The summed E-state index contributed by atoms with van der Waals surface area (Å²) in [7, 11) is 0. The first-order chi connectivity index (χ1) is 20.9. The minimum atomic E-state index is -1.01. The van der Waals surface area contributed by atoms with Crippen LogP contribution >= 0.6 is 22.6 Å². The minimum Gasteiger partial charge on any atom is -0.482 e. The van der Waals surface area contributed by atoms with Crippen LogP contribution in [-0.4, -0.2) is 103 Å². The number of amides is 2. The molecule has 3 unspecified atom stereocenters.